The van der Waals surface area contributed by atoms with Crippen molar-refractivity contribution in [2.45, 2.75) is 0 Å². The van der Waals surface area contributed by atoms with E-state index in [-0.39, 0.29) is 6.71 Å². The summed E-state index contributed by atoms with van der Waals surface area (Å²) in [5, 5.41) is 2.49. The average molecular weight is 304 g/mol. The van der Waals surface area contributed by atoms with Gasteiger partial charge in [-0.25, -0.2) is 0 Å². The van der Waals surface area contributed by atoms with Crippen LogP contribution in [0.2, 0.25) is 0 Å². The van der Waals surface area contributed by atoms with Crippen LogP contribution in [0.1, 0.15) is 0 Å². The lowest BCUT2D eigenvalue weighted by atomic mass is 9.38. The van der Waals surface area contributed by atoms with Gasteiger partial charge in [0.1, 0.15) is 11.5 Å². The molecule has 6 rings (SSSR count). The molecule has 4 aromatic rings. The van der Waals surface area contributed by atoms with E-state index < -0.39 is 0 Å². The monoisotopic (exact) mass is 304 g/mol. The summed E-state index contributed by atoms with van der Waals surface area (Å²) in [5.74, 6) is 1.98. The molecule has 2 heterocycles. The van der Waals surface area contributed by atoms with Gasteiger partial charge in [0.15, 0.2) is 0 Å². The number of benzene rings is 4. The molecule has 0 fully saturated rings. The summed E-state index contributed by atoms with van der Waals surface area (Å²) in [6.45, 7) is 0.278. The molecule has 2 aliphatic heterocycles. The fourth-order valence-electron chi connectivity index (χ4n) is 4.31. The molecule has 0 amide bonds. The van der Waals surface area contributed by atoms with Crippen LogP contribution in [-0.4, -0.2) is 6.71 Å². The van der Waals surface area contributed by atoms with Crippen molar-refractivity contribution in [3.63, 3.8) is 0 Å². The highest BCUT2D eigenvalue weighted by molar-refractivity contribution is 7.00. The van der Waals surface area contributed by atoms with Crippen molar-refractivity contribution in [3.05, 3.63) is 78.9 Å². The Morgan fingerprint density at radius 2 is 1.33 bits per heavy atom. The minimum Gasteiger partial charge on any atom is -0.458 e. The smallest absolute Gasteiger partial charge is 0.252 e. The van der Waals surface area contributed by atoms with Crippen LogP contribution in [0, 0.1) is 0 Å². The van der Waals surface area contributed by atoms with Gasteiger partial charge in [0.25, 0.3) is 6.71 Å². The molecule has 4 aromatic carbocycles. The molecule has 1 nitrogen and oxygen atoms in total. The van der Waals surface area contributed by atoms with Gasteiger partial charge in [0.2, 0.25) is 0 Å². The standard InChI is InChI=1S/C22H13BO/c1-2-7-15-13-21-19(12-14(15)6-1)23-18-10-4-3-8-16(18)17-9-5-11-20(24-21)22(17)23/h1-13H. The van der Waals surface area contributed by atoms with Crippen LogP contribution in [0.3, 0.4) is 0 Å². The fraction of sp³-hybridized carbons (Fsp3) is 0. The molecule has 110 valence electrons. The molecule has 0 unspecified atom stereocenters. The van der Waals surface area contributed by atoms with E-state index in [0.717, 1.165) is 11.5 Å². The summed E-state index contributed by atoms with van der Waals surface area (Å²) < 4.78 is 6.31. The average Bonchev–Trinajstić information content (AvgIpc) is 2.97. The van der Waals surface area contributed by atoms with E-state index in [2.05, 4.69) is 78.9 Å². The minimum absolute atomic E-state index is 0.278. The molecule has 2 heteroatoms. The van der Waals surface area contributed by atoms with Gasteiger partial charge in [0, 0.05) is 0 Å². The first-order chi connectivity index (χ1) is 11.9. The third-order valence-corrected chi connectivity index (χ3v) is 5.33. The Bertz CT molecular complexity index is 1150. The van der Waals surface area contributed by atoms with Gasteiger partial charge >= 0.3 is 0 Å². The molecule has 0 spiro atoms. The molecule has 0 saturated heterocycles. The molecule has 0 aromatic heterocycles. The predicted molar refractivity (Wildman–Crippen MR) is 101 cm³/mol. The van der Waals surface area contributed by atoms with Gasteiger partial charge in [-0.3, -0.25) is 0 Å². The first-order valence-electron chi connectivity index (χ1n) is 8.33. The Morgan fingerprint density at radius 3 is 2.25 bits per heavy atom. The Morgan fingerprint density at radius 1 is 0.583 bits per heavy atom. The van der Waals surface area contributed by atoms with Crippen LogP contribution in [-0.2, 0) is 0 Å². The lowest BCUT2D eigenvalue weighted by molar-refractivity contribution is 0.488. The lowest BCUT2D eigenvalue weighted by Crippen LogP contribution is -2.51. The van der Waals surface area contributed by atoms with Crippen molar-refractivity contribution < 1.29 is 4.74 Å². The second-order valence-electron chi connectivity index (χ2n) is 6.58. The molecule has 0 aliphatic carbocycles. The largest absolute Gasteiger partial charge is 0.458 e. The molecule has 2 aliphatic rings. The van der Waals surface area contributed by atoms with Crippen LogP contribution in [0.15, 0.2) is 78.9 Å². The third kappa shape index (κ3) is 1.46. The maximum absolute atomic E-state index is 6.31. The highest BCUT2D eigenvalue weighted by atomic mass is 16.5. The summed E-state index contributed by atoms with van der Waals surface area (Å²) in [7, 11) is 0. The number of hydrogen-bond acceptors (Lipinski definition) is 1. The summed E-state index contributed by atoms with van der Waals surface area (Å²) in [4.78, 5) is 0. The molecule has 0 atom stereocenters. The van der Waals surface area contributed by atoms with Gasteiger partial charge in [-0.2, -0.15) is 0 Å². The van der Waals surface area contributed by atoms with Crippen molar-refractivity contribution >= 4 is 33.9 Å². The predicted octanol–water partition coefficient (Wildman–Crippen LogP) is 3.44. The normalized spacial score (nSPS) is 13.2. The molecule has 0 bridgehead atoms. The summed E-state index contributed by atoms with van der Waals surface area (Å²) in [5.41, 5.74) is 6.63. The van der Waals surface area contributed by atoms with E-state index in [4.69, 9.17) is 4.74 Å². The van der Waals surface area contributed by atoms with Gasteiger partial charge < -0.3 is 4.74 Å². The Labute approximate surface area is 140 Å². The zero-order valence-corrected chi connectivity index (χ0v) is 13.0. The zero-order chi connectivity index (χ0) is 15.7. The van der Waals surface area contributed by atoms with Crippen molar-refractivity contribution in [3.8, 4) is 22.6 Å². The van der Waals surface area contributed by atoms with Crippen LogP contribution < -0.4 is 21.1 Å². The first kappa shape index (κ1) is 12.4. The van der Waals surface area contributed by atoms with Gasteiger partial charge in [-0.15, -0.1) is 0 Å². The van der Waals surface area contributed by atoms with Gasteiger partial charge in [0.05, 0.1) is 0 Å². The lowest BCUT2D eigenvalue weighted by Gasteiger charge is -2.24. The molecular formula is C22H13BO. The van der Waals surface area contributed by atoms with Gasteiger partial charge in [-0.05, 0) is 45.0 Å². The maximum atomic E-state index is 6.31. The Kier molecular flexibility index (Phi) is 2.23. The molecule has 0 saturated carbocycles. The van der Waals surface area contributed by atoms with Crippen molar-refractivity contribution in [1.29, 1.82) is 0 Å². The Hall–Kier alpha value is -3.00. The van der Waals surface area contributed by atoms with Crippen molar-refractivity contribution in [2.24, 2.45) is 0 Å². The topological polar surface area (TPSA) is 9.23 Å². The van der Waals surface area contributed by atoms with E-state index in [1.807, 2.05) is 0 Å². The Balaban J connectivity index is 1.74. The molecule has 24 heavy (non-hydrogen) atoms. The summed E-state index contributed by atoms with van der Waals surface area (Å²) in [6, 6.07) is 28.1. The van der Waals surface area contributed by atoms with E-state index >= 15 is 0 Å². The molecule has 0 N–H and O–H groups in total. The molecular weight excluding hydrogens is 291 g/mol. The van der Waals surface area contributed by atoms with Crippen LogP contribution >= 0.6 is 0 Å². The van der Waals surface area contributed by atoms with Crippen molar-refractivity contribution in [1.82, 2.24) is 0 Å². The molecule has 0 radical (unpaired) electrons. The van der Waals surface area contributed by atoms with E-state index in [0.29, 0.717) is 0 Å². The SMILES string of the molecule is c1ccc2c(c1)B1c3cc4ccccc4cc3Oc3cccc-2c31. The van der Waals surface area contributed by atoms with Gasteiger partial charge in [-0.1, -0.05) is 72.2 Å². The highest BCUT2D eigenvalue weighted by Crippen LogP contribution is 2.34. The van der Waals surface area contributed by atoms with E-state index in [1.54, 1.807) is 0 Å². The van der Waals surface area contributed by atoms with Crippen molar-refractivity contribution in [2.75, 3.05) is 0 Å². The number of ether oxygens (including phenoxy) is 1. The second kappa shape index (κ2) is 4.30. The fourth-order valence-corrected chi connectivity index (χ4v) is 4.31. The quantitative estimate of drug-likeness (QED) is 0.391. The summed E-state index contributed by atoms with van der Waals surface area (Å²) in [6.07, 6.45) is 0. The number of rotatable bonds is 0. The van der Waals surface area contributed by atoms with Crippen LogP contribution in [0.25, 0.3) is 21.9 Å². The van der Waals surface area contributed by atoms with E-state index in [1.165, 1.54) is 38.3 Å². The van der Waals surface area contributed by atoms with Crippen LogP contribution in [0.5, 0.6) is 11.5 Å². The third-order valence-electron chi connectivity index (χ3n) is 5.33. The highest BCUT2D eigenvalue weighted by Gasteiger charge is 2.40. The maximum Gasteiger partial charge on any atom is 0.252 e. The van der Waals surface area contributed by atoms with E-state index in [9.17, 15) is 0 Å². The number of fused-ring (bicyclic) bond motifs is 6. The first-order valence-corrected chi connectivity index (χ1v) is 8.33. The minimum atomic E-state index is 0.278. The summed E-state index contributed by atoms with van der Waals surface area (Å²) >= 11 is 0. The van der Waals surface area contributed by atoms with Crippen LogP contribution in [0.4, 0.5) is 0 Å². The second-order valence-corrected chi connectivity index (χ2v) is 6.58. The zero-order valence-electron chi connectivity index (χ0n) is 13.0. The number of hydrogen-bond donors (Lipinski definition) is 0.